The van der Waals surface area contributed by atoms with Crippen molar-refractivity contribution in [3.63, 3.8) is 0 Å². The van der Waals surface area contributed by atoms with Crippen molar-refractivity contribution in [1.29, 1.82) is 0 Å². The van der Waals surface area contributed by atoms with Gasteiger partial charge in [-0.25, -0.2) is 0 Å². The maximum absolute atomic E-state index is 5.82. The molecule has 4 heteroatoms. The lowest BCUT2D eigenvalue weighted by atomic mass is 9.78. The summed E-state index contributed by atoms with van der Waals surface area (Å²) in [5.41, 5.74) is 1.84. The van der Waals surface area contributed by atoms with Gasteiger partial charge in [-0.2, -0.15) is 5.90 Å². The third-order valence-corrected chi connectivity index (χ3v) is 2.25. The summed E-state index contributed by atoms with van der Waals surface area (Å²) in [5.74, 6) is 6.41. The molecule has 0 spiro atoms. The van der Waals surface area contributed by atoms with Gasteiger partial charge in [-0.15, -0.1) is 0 Å². The van der Waals surface area contributed by atoms with Crippen molar-refractivity contribution in [1.82, 2.24) is 0 Å². The third kappa shape index (κ3) is 3.11. The first-order valence-electron chi connectivity index (χ1n) is 4.50. The molecule has 0 aromatic heterocycles. The fourth-order valence-corrected chi connectivity index (χ4v) is 1.33. The summed E-state index contributed by atoms with van der Waals surface area (Å²) in [4.78, 5) is 4.70. The topological polar surface area (TPSA) is 44.5 Å². The van der Waals surface area contributed by atoms with Gasteiger partial charge in [-0.1, -0.05) is 12.7 Å². The second-order valence-corrected chi connectivity index (χ2v) is 3.26. The number of ether oxygens (including phenoxy) is 1. The Morgan fingerprint density at radius 2 is 1.71 bits per heavy atom. The number of rotatable bonds is 4. The van der Waals surface area contributed by atoms with Gasteiger partial charge < -0.3 is 9.57 Å². The monoisotopic (exact) mass is 195 g/mol. The van der Waals surface area contributed by atoms with Gasteiger partial charge in [0.1, 0.15) is 5.76 Å². The minimum Gasteiger partial charge on any atom is -0.501 e. The van der Waals surface area contributed by atoms with Crippen LogP contribution in [0.2, 0.25) is 5.82 Å². The molecule has 3 nitrogen and oxygen atoms in total. The zero-order valence-corrected chi connectivity index (χ0v) is 9.55. The van der Waals surface area contributed by atoms with Gasteiger partial charge in [0.2, 0.25) is 0 Å². The van der Waals surface area contributed by atoms with Crippen LogP contribution in [-0.4, -0.2) is 15.0 Å². The van der Waals surface area contributed by atoms with Crippen molar-refractivity contribution in [3.05, 3.63) is 22.7 Å². The minimum absolute atomic E-state index is 0.136. The van der Waals surface area contributed by atoms with E-state index in [2.05, 4.69) is 0 Å². The highest BCUT2D eigenvalue weighted by molar-refractivity contribution is 6.13. The van der Waals surface area contributed by atoms with Crippen LogP contribution in [0.25, 0.3) is 0 Å². The Labute approximate surface area is 87.3 Å². The summed E-state index contributed by atoms with van der Waals surface area (Å²) in [6.45, 7) is 7.47. The Kier molecular flexibility index (Phi) is 5.39. The van der Waals surface area contributed by atoms with E-state index in [9.17, 15) is 0 Å². The van der Waals surface area contributed by atoms with E-state index in [1.807, 2.05) is 20.8 Å². The van der Waals surface area contributed by atoms with Crippen LogP contribution >= 0.6 is 0 Å². The van der Waals surface area contributed by atoms with E-state index >= 15 is 0 Å². The van der Waals surface area contributed by atoms with Crippen LogP contribution < -0.4 is 5.90 Å². The molecule has 1 unspecified atom stereocenters. The highest BCUT2D eigenvalue weighted by Crippen LogP contribution is 2.27. The molecule has 0 saturated heterocycles. The van der Waals surface area contributed by atoms with Gasteiger partial charge in [0, 0.05) is 0 Å². The summed E-state index contributed by atoms with van der Waals surface area (Å²) in [6.07, 6.45) is 0. The first-order valence-corrected chi connectivity index (χ1v) is 4.50. The molecule has 2 radical (unpaired) electrons. The van der Waals surface area contributed by atoms with Crippen LogP contribution in [0.3, 0.4) is 0 Å². The Morgan fingerprint density at radius 3 is 2.00 bits per heavy atom. The molecule has 1 atom stereocenters. The summed E-state index contributed by atoms with van der Waals surface area (Å²) >= 11 is 0. The van der Waals surface area contributed by atoms with E-state index in [4.69, 9.17) is 23.3 Å². The van der Waals surface area contributed by atoms with E-state index in [1.165, 1.54) is 0 Å². The SMILES string of the molecule is [B]C(C)C(=C(C)ON)C(C)=C(C)OC. The van der Waals surface area contributed by atoms with Crippen molar-refractivity contribution in [2.24, 2.45) is 5.90 Å². The first-order chi connectivity index (χ1) is 6.45. The molecule has 0 fully saturated rings. The molecule has 0 bridgehead atoms. The van der Waals surface area contributed by atoms with Crippen LogP contribution in [0.1, 0.15) is 27.7 Å². The lowest BCUT2D eigenvalue weighted by Gasteiger charge is -2.17. The Morgan fingerprint density at radius 1 is 1.21 bits per heavy atom. The second-order valence-electron chi connectivity index (χ2n) is 3.26. The number of methoxy groups -OCH3 is 1. The van der Waals surface area contributed by atoms with Crippen molar-refractivity contribution < 1.29 is 9.57 Å². The lowest BCUT2D eigenvalue weighted by molar-refractivity contribution is 0.218. The quantitative estimate of drug-likeness (QED) is 0.323. The average Bonchev–Trinajstić information content (AvgIpc) is 2.15. The minimum atomic E-state index is -0.136. The number of hydrogen-bond donors (Lipinski definition) is 1. The first kappa shape index (κ1) is 13.1. The van der Waals surface area contributed by atoms with Crippen molar-refractivity contribution in [2.45, 2.75) is 33.5 Å². The van der Waals surface area contributed by atoms with Crippen molar-refractivity contribution in [3.8, 4) is 0 Å². The normalized spacial score (nSPS) is 16.7. The molecular weight excluding hydrogens is 177 g/mol. The van der Waals surface area contributed by atoms with E-state index in [0.717, 1.165) is 16.9 Å². The molecule has 0 aliphatic carbocycles. The van der Waals surface area contributed by atoms with Gasteiger partial charge in [0.05, 0.1) is 20.7 Å². The Hall–Kier alpha value is -0.895. The summed E-state index contributed by atoms with van der Waals surface area (Å²) in [7, 11) is 7.44. The molecule has 14 heavy (non-hydrogen) atoms. The molecule has 0 aromatic rings. The van der Waals surface area contributed by atoms with Crippen LogP contribution in [0.15, 0.2) is 22.7 Å². The summed E-state index contributed by atoms with van der Waals surface area (Å²) in [5, 5.41) is 0. The van der Waals surface area contributed by atoms with Gasteiger partial charge >= 0.3 is 0 Å². The highest BCUT2D eigenvalue weighted by Gasteiger charge is 2.13. The molecule has 0 saturated carbocycles. The zero-order valence-electron chi connectivity index (χ0n) is 9.55. The second kappa shape index (κ2) is 5.76. The highest BCUT2D eigenvalue weighted by atomic mass is 16.6. The Bertz CT molecular complexity index is 257. The van der Waals surface area contributed by atoms with Crippen LogP contribution in [0, 0.1) is 0 Å². The zero-order chi connectivity index (χ0) is 11.3. The van der Waals surface area contributed by atoms with Gasteiger partial charge in [-0.3, -0.25) is 0 Å². The maximum atomic E-state index is 5.82. The standard InChI is InChI=1S/C10H18BNO2/c1-6(8(3)13-5)10(7(2)11)9(4)14-12/h7H,12H2,1-5H3. The molecular formula is C10H18BNO2. The molecule has 0 aliphatic heterocycles. The predicted molar refractivity (Wildman–Crippen MR) is 58.5 cm³/mol. The van der Waals surface area contributed by atoms with Crippen LogP contribution in [-0.2, 0) is 9.57 Å². The molecule has 78 valence electrons. The summed E-state index contributed by atoms with van der Waals surface area (Å²) < 4.78 is 5.13. The van der Waals surface area contributed by atoms with E-state index in [0.29, 0.717) is 5.76 Å². The fraction of sp³-hybridized carbons (Fsp3) is 0.600. The number of nitrogens with two attached hydrogens (primary N) is 1. The Balaban J connectivity index is 5.25. The number of allylic oxidation sites excluding steroid dienone is 4. The number of hydrogen-bond acceptors (Lipinski definition) is 3. The molecule has 2 N–H and O–H groups in total. The van der Waals surface area contributed by atoms with Crippen molar-refractivity contribution in [2.75, 3.05) is 7.11 Å². The third-order valence-electron chi connectivity index (χ3n) is 2.25. The predicted octanol–water partition coefficient (Wildman–Crippen LogP) is 2.07. The van der Waals surface area contributed by atoms with Crippen molar-refractivity contribution >= 4 is 7.85 Å². The maximum Gasteiger partial charge on any atom is 0.123 e. The molecule has 0 aromatic carbocycles. The van der Waals surface area contributed by atoms with E-state index in [1.54, 1.807) is 14.0 Å². The van der Waals surface area contributed by atoms with E-state index in [-0.39, 0.29) is 5.82 Å². The molecule has 0 aliphatic rings. The smallest absolute Gasteiger partial charge is 0.123 e. The van der Waals surface area contributed by atoms with Crippen LogP contribution in [0.5, 0.6) is 0 Å². The molecule has 0 rings (SSSR count). The fourth-order valence-electron chi connectivity index (χ4n) is 1.33. The van der Waals surface area contributed by atoms with Crippen LogP contribution in [0.4, 0.5) is 0 Å². The van der Waals surface area contributed by atoms with Gasteiger partial charge in [-0.05, 0) is 31.9 Å². The van der Waals surface area contributed by atoms with Gasteiger partial charge in [0.15, 0.2) is 0 Å². The lowest BCUT2D eigenvalue weighted by Crippen LogP contribution is -2.06. The van der Waals surface area contributed by atoms with Gasteiger partial charge in [0.25, 0.3) is 0 Å². The molecule has 0 heterocycles. The van der Waals surface area contributed by atoms with E-state index < -0.39 is 0 Å². The average molecular weight is 195 g/mol. The molecule has 0 amide bonds. The largest absolute Gasteiger partial charge is 0.501 e. The summed E-state index contributed by atoms with van der Waals surface area (Å²) in [6, 6.07) is 0.